The van der Waals surface area contributed by atoms with E-state index in [1.807, 2.05) is 0 Å². The zero-order valence-corrected chi connectivity index (χ0v) is 9.03. The second kappa shape index (κ2) is 4.33. The van der Waals surface area contributed by atoms with Crippen LogP contribution in [0.2, 0.25) is 0 Å². The maximum absolute atomic E-state index is 11.6. The van der Waals surface area contributed by atoms with Gasteiger partial charge in [-0.05, 0) is 19.9 Å². The molecule has 0 bridgehead atoms. The van der Waals surface area contributed by atoms with Crippen LogP contribution >= 0.6 is 0 Å². The molecule has 0 aromatic heterocycles. The summed E-state index contributed by atoms with van der Waals surface area (Å²) in [5.74, 6) is -2.84. The molecule has 1 atom stereocenters. The van der Waals surface area contributed by atoms with Crippen LogP contribution in [0, 0.1) is 0 Å². The predicted octanol–water partition coefficient (Wildman–Crippen LogP) is 1.13. The molecule has 0 radical (unpaired) electrons. The summed E-state index contributed by atoms with van der Waals surface area (Å²) in [6.45, 7) is 5.21. The summed E-state index contributed by atoms with van der Waals surface area (Å²) in [5.41, 5.74) is 0. The molecule has 84 valence electrons. The number of ether oxygens (including phenoxy) is 3. The molecule has 1 aliphatic rings. The highest BCUT2D eigenvalue weighted by atomic mass is 16.8. The number of hydrogen-bond donors (Lipinski definition) is 0. The summed E-state index contributed by atoms with van der Waals surface area (Å²) >= 11 is 0. The summed E-state index contributed by atoms with van der Waals surface area (Å²) in [4.78, 5) is 22.8. The number of carbonyl (C=O) groups excluding carboxylic acids is 2. The topological polar surface area (TPSA) is 61.8 Å². The van der Waals surface area contributed by atoms with E-state index in [1.165, 1.54) is 6.08 Å². The molecule has 1 rings (SSSR count). The van der Waals surface area contributed by atoms with Crippen molar-refractivity contribution in [3.8, 4) is 0 Å². The maximum atomic E-state index is 11.6. The number of hydrogen-bond acceptors (Lipinski definition) is 5. The first-order valence-corrected chi connectivity index (χ1v) is 4.85. The van der Waals surface area contributed by atoms with Crippen molar-refractivity contribution in [1.82, 2.24) is 0 Å². The molecule has 15 heavy (non-hydrogen) atoms. The molecule has 5 heteroatoms. The van der Waals surface area contributed by atoms with Crippen LogP contribution in [0.3, 0.4) is 0 Å². The Morgan fingerprint density at radius 2 is 2.13 bits per heavy atom. The average Bonchev–Trinajstić information content (AvgIpc) is 2.57. The highest BCUT2D eigenvalue weighted by Crippen LogP contribution is 2.31. The highest BCUT2D eigenvalue weighted by Gasteiger charge is 2.52. The number of cyclic esters (lactones) is 1. The minimum atomic E-state index is -1.59. The van der Waals surface area contributed by atoms with Crippen LogP contribution in [0.15, 0.2) is 11.8 Å². The summed E-state index contributed by atoms with van der Waals surface area (Å²) in [7, 11) is 0. The van der Waals surface area contributed by atoms with Crippen molar-refractivity contribution in [2.45, 2.75) is 33.0 Å². The van der Waals surface area contributed by atoms with Crippen LogP contribution in [-0.4, -0.2) is 24.3 Å². The van der Waals surface area contributed by atoms with E-state index in [-0.39, 0.29) is 18.8 Å². The van der Waals surface area contributed by atoms with Crippen LogP contribution in [-0.2, 0) is 23.8 Å². The molecule has 0 aromatic carbocycles. The maximum Gasteiger partial charge on any atom is 0.392 e. The van der Waals surface area contributed by atoms with Crippen LogP contribution in [0.5, 0.6) is 0 Å². The lowest BCUT2D eigenvalue weighted by Crippen LogP contribution is -2.40. The molecule has 1 heterocycles. The van der Waals surface area contributed by atoms with Gasteiger partial charge in [-0.2, -0.15) is 0 Å². The van der Waals surface area contributed by atoms with E-state index in [1.54, 1.807) is 20.8 Å². The molecule has 0 spiro atoms. The number of allylic oxidation sites excluding steroid dienone is 1. The van der Waals surface area contributed by atoms with Gasteiger partial charge in [-0.25, -0.2) is 9.59 Å². The van der Waals surface area contributed by atoms with Crippen LogP contribution in [0.1, 0.15) is 27.2 Å². The first kappa shape index (κ1) is 11.6. The van der Waals surface area contributed by atoms with Gasteiger partial charge in [0.05, 0.1) is 6.61 Å². The first-order chi connectivity index (χ1) is 7.09. The Morgan fingerprint density at radius 1 is 1.47 bits per heavy atom. The monoisotopic (exact) mass is 214 g/mol. The Bertz CT molecular complexity index is 307. The second-order valence-electron chi connectivity index (χ2n) is 2.97. The van der Waals surface area contributed by atoms with Gasteiger partial charge in [0.1, 0.15) is 0 Å². The molecule has 0 aromatic rings. The molecule has 0 aliphatic carbocycles. The molecule has 1 saturated heterocycles. The van der Waals surface area contributed by atoms with Crippen molar-refractivity contribution in [1.29, 1.82) is 0 Å². The van der Waals surface area contributed by atoms with Gasteiger partial charge in [-0.15, -0.1) is 0 Å². The Kier molecular flexibility index (Phi) is 3.34. The largest absolute Gasteiger partial charge is 0.460 e. The fourth-order valence-electron chi connectivity index (χ4n) is 1.23. The lowest BCUT2D eigenvalue weighted by molar-refractivity contribution is -0.206. The summed E-state index contributed by atoms with van der Waals surface area (Å²) in [6, 6.07) is 0. The van der Waals surface area contributed by atoms with Gasteiger partial charge in [0.2, 0.25) is 5.76 Å². The van der Waals surface area contributed by atoms with E-state index < -0.39 is 17.7 Å². The summed E-state index contributed by atoms with van der Waals surface area (Å²) in [6.07, 6.45) is 1.67. The van der Waals surface area contributed by atoms with Gasteiger partial charge < -0.3 is 14.2 Å². The molecule has 5 nitrogen and oxygen atoms in total. The highest BCUT2D eigenvalue weighted by molar-refractivity contribution is 5.93. The standard InChI is InChI=1S/C10H14O5/c1-4-7-8(11)15-10(5-2,14-7)9(12)13-6-3/h4H,5-6H2,1-3H3/b7-4-. The van der Waals surface area contributed by atoms with Gasteiger partial charge in [0, 0.05) is 6.42 Å². The molecule has 0 N–H and O–H groups in total. The number of rotatable bonds is 3. The van der Waals surface area contributed by atoms with Crippen molar-refractivity contribution in [3.63, 3.8) is 0 Å². The summed E-state index contributed by atoms with van der Waals surface area (Å²) in [5, 5.41) is 0. The van der Waals surface area contributed by atoms with Crippen molar-refractivity contribution in [2.75, 3.05) is 6.61 Å². The average molecular weight is 214 g/mol. The molecule has 0 amide bonds. The van der Waals surface area contributed by atoms with Crippen LogP contribution in [0.4, 0.5) is 0 Å². The quantitative estimate of drug-likeness (QED) is 0.520. The Morgan fingerprint density at radius 3 is 2.53 bits per heavy atom. The predicted molar refractivity (Wildman–Crippen MR) is 50.6 cm³/mol. The van der Waals surface area contributed by atoms with Gasteiger partial charge >= 0.3 is 17.7 Å². The van der Waals surface area contributed by atoms with Gasteiger partial charge in [-0.1, -0.05) is 6.92 Å². The third-order valence-corrected chi connectivity index (χ3v) is 2.05. The molecule has 1 unspecified atom stereocenters. The SMILES string of the molecule is C/C=C1\OC(CC)(C(=O)OCC)OC1=O. The van der Waals surface area contributed by atoms with E-state index >= 15 is 0 Å². The fourth-order valence-corrected chi connectivity index (χ4v) is 1.23. The van der Waals surface area contributed by atoms with E-state index in [4.69, 9.17) is 14.2 Å². The first-order valence-electron chi connectivity index (χ1n) is 4.85. The number of esters is 2. The molecule has 1 aliphatic heterocycles. The van der Waals surface area contributed by atoms with Gasteiger partial charge in [-0.3, -0.25) is 0 Å². The summed E-state index contributed by atoms with van der Waals surface area (Å²) < 4.78 is 14.9. The molecular weight excluding hydrogens is 200 g/mol. The van der Waals surface area contributed by atoms with Crippen molar-refractivity contribution < 1.29 is 23.8 Å². The minimum absolute atomic E-state index is 0.0462. The molecular formula is C10H14O5. The third kappa shape index (κ3) is 1.95. The zero-order chi connectivity index (χ0) is 11.5. The van der Waals surface area contributed by atoms with Gasteiger partial charge in [0.25, 0.3) is 0 Å². The van der Waals surface area contributed by atoms with Gasteiger partial charge in [0.15, 0.2) is 0 Å². The third-order valence-electron chi connectivity index (χ3n) is 2.05. The van der Waals surface area contributed by atoms with E-state index in [2.05, 4.69) is 0 Å². The normalized spacial score (nSPS) is 27.4. The number of carbonyl (C=O) groups is 2. The molecule has 1 fully saturated rings. The minimum Gasteiger partial charge on any atom is -0.460 e. The van der Waals surface area contributed by atoms with E-state index in [9.17, 15) is 9.59 Å². The van der Waals surface area contributed by atoms with Crippen molar-refractivity contribution in [3.05, 3.63) is 11.8 Å². The Hall–Kier alpha value is -1.52. The Labute approximate surface area is 88.0 Å². The van der Waals surface area contributed by atoms with Crippen LogP contribution < -0.4 is 0 Å². The van der Waals surface area contributed by atoms with Crippen LogP contribution in [0.25, 0.3) is 0 Å². The van der Waals surface area contributed by atoms with Crippen molar-refractivity contribution >= 4 is 11.9 Å². The Balaban J connectivity index is 2.90. The van der Waals surface area contributed by atoms with E-state index in [0.29, 0.717) is 0 Å². The fraction of sp³-hybridized carbons (Fsp3) is 0.600. The lowest BCUT2D eigenvalue weighted by Gasteiger charge is -2.21. The smallest absolute Gasteiger partial charge is 0.392 e. The lowest BCUT2D eigenvalue weighted by atomic mass is 10.2. The molecule has 0 saturated carbocycles. The second-order valence-corrected chi connectivity index (χ2v) is 2.97. The van der Waals surface area contributed by atoms with E-state index in [0.717, 1.165) is 0 Å². The van der Waals surface area contributed by atoms with Crippen molar-refractivity contribution in [2.24, 2.45) is 0 Å². The zero-order valence-electron chi connectivity index (χ0n) is 9.03.